The van der Waals surface area contributed by atoms with Crippen LogP contribution in [0.3, 0.4) is 0 Å². The number of hydrogen-bond acceptors (Lipinski definition) is 4. The number of nitrogens with zero attached hydrogens (tertiary/aromatic N) is 2. The number of aliphatic hydroxyl groups is 1. The molecule has 0 atom stereocenters. The molecule has 0 fully saturated rings. The monoisotopic (exact) mass is 224 g/mol. The van der Waals surface area contributed by atoms with Crippen LogP contribution in [0.15, 0.2) is 18.2 Å². The standard InChI is InChI=1S/C12H20N2O2/c1-12(2,14(3)4)9-16-11-7-5-6-10(8-15)13-11/h5-7,15H,8-9H2,1-4H3. The highest BCUT2D eigenvalue weighted by Crippen LogP contribution is 2.14. The molecule has 0 amide bonds. The molecule has 4 heteroatoms. The highest BCUT2D eigenvalue weighted by molar-refractivity contribution is 5.15. The molecule has 0 aromatic carbocycles. The zero-order chi connectivity index (χ0) is 12.2. The Morgan fingerprint density at radius 3 is 2.62 bits per heavy atom. The van der Waals surface area contributed by atoms with E-state index >= 15 is 0 Å². The predicted molar refractivity (Wildman–Crippen MR) is 63.4 cm³/mol. The third-order valence-electron chi connectivity index (χ3n) is 2.73. The Morgan fingerprint density at radius 1 is 1.38 bits per heavy atom. The number of ether oxygens (including phenoxy) is 1. The number of pyridine rings is 1. The van der Waals surface area contributed by atoms with Crippen molar-refractivity contribution in [1.82, 2.24) is 9.88 Å². The molecule has 0 aliphatic heterocycles. The fourth-order valence-corrected chi connectivity index (χ4v) is 1.01. The van der Waals surface area contributed by atoms with Gasteiger partial charge in [-0.25, -0.2) is 4.98 Å². The molecule has 0 bridgehead atoms. The Morgan fingerprint density at radius 2 is 2.06 bits per heavy atom. The third-order valence-corrected chi connectivity index (χ3v) is 2.73. The molecule has 0 saturated heterocycles. The van der Waals surface area contributed by atoms with E-state index in [9.17, 15) is 0 Å². The van der Waals surface area contributed by atoms with Crippen molar-refractivity contribution in [2.75, 3.05) is 20.7 Å². The van der Waals surface area contributed by atoms with Crippen molar-refractivity contribution in [3.05, 3.63) is 23.9 Å². The van der Waals surface area contributed by atoms with Gasteiger partial charge >= 0.3 is 0 Å². The molecular weight excluding hydrogens is 204 g/mol. The van der Waals surface area contributed by atoms with Gasteiger partial charge in [0, 0.05) is 11.6 Å². The molecule has 1 aromatic heterocycles. The summed E-state index contributed by atoms with van der Waals surface area (Å²) in [5.41, 5.74) is 0.580. The summed E-state index contributed by atoms with van der Waals surface area (Å²) in [6.07, 6.45) is 0. The molecule has 0 unspecified atom stereocenters. The molecule has 1 N–H and O–H groups in total. The molecular formula is C12H20N2O2. The van der Waals surface area contributed by atoms with Crippen LogP contribution in [-0.4, -0.2) is 41.2 Å². The Balaban J connectivity index is 2.60. The lowest BCUT2D eigenvalue weighted by atomic mass is 10.1. The lowest BCUT2D eigenvalue weighted by molar-refractivity contribution is 0.110. The first-order valence-corrected chi connectivity index (χ1v) is 5.33. The molecule has 0 saturated carbocycles. The molecule has 0 radical (unpaired) electrons. The molecule has 1 aromatic rings. The van der Waals surface area contributed by atoms with Crippen LogP contribution in [0.1, 0.15) is 19.5 Å². The van der Waals surface area contributed by atoms with Crippen LogP contribution >= 0.6 is 0 Å². The van der Waals surface area contributed by atoms with Gasteiger partial charge in [0.2, 0.25) is 5.88 Å². The molecule has 4 nitrogen and oxygen atoms in total. The fraction of sp³-hybridized carbons (Fsp3) is 0.583. The van der Waals surface area contributed by atoms with E-state index in [0.717, 1.165) is 0 Å². The lowest BCUT2D eigenvalue weighted by Crippen LogP contribution is -2.43. The summed E-state index contributed by atoms with van der Waals surface area (Å²) < 4.78 is 5.61. The van der Waals surface area contributed by atoms with E-state index in [-0.39, 0.29) is 12.1 Å². The Labute approximate surface area is 96.9 Å². The number of aromatic nitrogens is 1. The number of likely N-dealkylation sites (N-methyl/N-ethyl adjacent to an activating group) is 1. The highest BCUT2D eigenvalue weighted by atomic mass is 16.5. The summed E-state index contributed by atoms with van der Waals surface area (Å²) >= 11 is 0. The van der Waals surface area contributed by atoms with Crippen molar-refractivity contribution in [2.24, 2.45) is 0 Å². The Hall–Kier alpha value is -1.13. The van der Waals surface area contributed by atoms with E-state index in [4.69, 9.17) is 9.84 Å². The second-order valence-electron chi connectivity index (χ2n) is 4.62. The van der Waals surface area contributed by atoms with Crippen LogP contribution in [0.4, 0.5) is 0 Å². The highest BCUT2D eigenvalue weighted by Gasteiger charge is 2.21. The van der Waals surface area contributed by atoms with Gasteiger partial charge in [0.25, 0.3) is 0 Å². The van der Waals surface area contributed by atoms with Crippen LogP contribution in [0.2, 0.25) is 0 Å². The SMILES string of the molecule is CN(C)C(C)(C)COc1cccc(CO)n1. The maximum atomic E-state index is 8.95. The summed E-state index contributed by atoms with van der Waals surface area (Å²) in [5, 5.41) is 8.95. The quantitative estimate of drug-likeness (QED) is 0.818. The Bertz CT molecular complexity index is 338. The van der Waals surface area contributed by atoms with E-state index in [1.807, 2.05) is 20.2 Å². The molecule has 0 spiro atoms. The van der Waals surface area contributed by atoms with Crippen LogP contribution < -0.4 is 4.74 Å². The van der Waals surface area contributed by atoms with Gasteiger partial charge in [-0.15, -0.1) is 0 Å². The summed E-state index contributed by atoms with van der Waals surface area (Å²) in [6, 6.07) is 5.39. The lowest BCUT2D eigenvalue weighted by Gasteiger charge is -2.31. The van der Waals surface area contributed by atoms with Crippen molar-refractivity contribution in [3.8, 4) is 5.88 Å². The number of rotatable bonds is 5. The number of hydrogen-bond donors (Lipinski definition) is 1. The van der Waals surface area contributed by atoms with Crippen LogP contribution in [0, 0.1) is 0 Å². The zero-order valence-corrected chi connectivity index (χ0v) is 10.4. The first-order valence-electron chi connectivity index (χ1n) is 5.33. The van der Waals surface area contributed by atoms with Gasteiger partial charge in [0.1, 0.15) is 6.61 Å². The van der Waals surface area contributed by atoms with Gasteiger partial charge in [-0.3, -0.25) is 0 Å². The van der Waals surface area contributed by atoms with E-state index < -0.39 is 0 Å². The van der Waals surface area contributed by atoms with Crippen LogP contribution in [-0.2, 0) is 6.61 Å². The smallest absolute Gasteiger partial charge is 0.213 e. The summed E-state index contributed by atoms with van der Waals surface area (Å²) in [7, 11) is 4.03. The predicted octanol–water partition coefficient (Wildman–Crippen LogP) is 1.29. The second-order valence-corrected chi connectivity index (χ2v) is 4.62. The van der Waals surface area contributed by atoms with Gasteiger partial charge in [0.05, 0.1) is 12.3 Å². The van der Waals surface area contributed by atoms with E-state index in [0.29, 0.717) is 18.2 Å². The van der Waals surface area contributed by atoms with E-state index in [1.54, 1.807) is 12.1 Å². The van der Waals surface area contributed by atoms with Crippen molar-refractivity contribution >= 4 is 0 Å². The summed E-state index contributed by atoms with van der Waals surface area (Å²) in [6.45, 7) is 4.70. The maximum Gasteiger partial charge on any atom is 0.213 e. The largest absolute Gasteiger partial charge is 0.476 e. The van der Waals surface area contributed by atoms with Gasteiger partial charge in [-0.05, 0) is 34.0 Å². The summed E-state index contributed by atoms with van der Waals surface area (Å²) in [4.78, 5) is 6.26. The minimum atomic E-state index is -0.0612. The van der Waals surface area contributed by atoms with E-state index in [2.05, 4.69) is 23.7 Å². The van der Waals surface area contributed by atoms with Gasteiger partial charge in [-0.1, -0.05) is 6.07 Å². The molecule has 0 aliphatic carbocycles. The van der Waals surface area contributed by atoms with Crippen LogP contribution in [0.5, 0.6) is 5.88 Å². The average molecular weight is 224 g/mol. The Kier molecular flexibility index (Phi) is 4.26. The normalized spacial score (nSPS) is 11.9. The van der Waals surface area contributed by atoms with Crippen molar-refractivity contribution in [1.29, 1.82) is 0 Å². The second kappa shape index (κ2) is 5.27. The number of aliphatic hydroxyl groups excluding tert-OH is 1. The molecule has 0 aliphatic rings. The van der Waals surface area contributed by atoms with Crippen molar-refractivity contribution in [2.45, 2.75) is 26.0 Å². The molecule has 16 heavy (non-hydrogen) atoms. The zero-order valence-electron chi connectivity index (χ0n) is 10.4. The molecule has 1 heterocycles. The first-order chi connectivity index (χ1) is 7.45. The topological polar surface area (TPSA) is 45.6 Å². The third kappa shape index (κ3) is 3.47. The first kappa shape index (κ1) is 12.9. The van der Waals surface area contributed by atoms with Gasteiger partial charge < -0.3 is 14.7 Å². The van der Waals surface area contributed by atoms with Crippen molar-refractivity contribution < 1.29 is 9.84 Å². The van der Waals surface area contributed by atoms with Crippen molar-refractivity contribution in [3.63, 3.8) is 0 Å². The van der Waals surface area contributed by atoms with E-state index in [1.165, 1.54) is 0 Å². The maximum absolute atomic E-state index is 8.95. The van der Waals surface area contributed by atoms with Gasteiger partial charge in [0.15, 0.2) is 0 Å². The fourth-order valence-electron chi connectivity index (χ4n) is 1.01. The van der Waals surface area contributed by atoms with Gasteiger partial charge in [-0.2, -0.15) is 0 Å². The molecule has 90 valence electrons. The summed E-state index contributed by atoms with van der Waals surface area (Å²) in [5.74, 6) is 0.557. The van der Waals surface area contributed by atoms with Crippen LogP contribution in [0.25, 0.3) is 0 Å². The minimum absolute atomic E-state index is 0.0447. The average Bonchev–Trinajstić information content (AvgIpc) is 2.26. The molecule has 1 rings (SSSR count). The minimum Gasteiger partial charge on any atom is -0.476 e.